The van der Waals surface area contributed by atoms with E-state index in [1.54, 1.807) is 9.80 Å². The molecule has 0 atom stereocenters. The first-order chi connectivity index (χ1) is 9.50. The Kier molecular flexibility index (Phi) is 6.83. The number of hydrogen-bond donors (Lipinski definition) is 2. The summed E-state index contributed by atoms with van der Waals surface area (Å²) < 4.78 is 0. The molecule has 20 heavy (non-hydrogen) atoms. The fourth-order valence-corrected chi connectivity index (χ4v) is 2.14. The van der Waals surface area contributed by atoms with E-state index in [1.807, 2.05) is 0 Å². The fraction of sp³-hybridized carbons (Fsp3) is 0.769. The highest BCUT2D eigenvalue weighted by molar-refractivity contribution is 5.75. The highest BCUT2D eigenvalue weighted by Gasteiger charge is 2.19. The van der Waals surface area contributed by atoms with Crippen molar-refractivity contribution in [1.29, 1.82) is 0 Å². The number of nitrogens with zero attached hydrogens (tertiary/aromatic N) is 2. The van der Waals surface area contributed by atoms with Gasteiger partial charge >= 0.3 is 12.0 Å². The lowest BCUT2D eigenvalue weighted by Crippen LogP contribution is -2.42. The minimum Gasteiger partial charge on any atom is -0.481 e. The zero-order valence-electron chi connectivity index (χ0n) is 11.9. The van der Waals surface area contributed by atoms with E-state index >= 15 is 0 Å². The van der Waals surface area contributed by atoms with Crippen LogP contribution in [-0.2, 0) is 9.59 Å². The summed E-state index contributed by atoms with van der Waals surface area (Å²) in [6.45, 7) is 4.47. The third kappa shape index (κ3) is 5.90. The Balaban J connectivity index is 2.22. The van der Waals surface area contributed by atoms with Crippen LogP contribution in [0.1, 0.15) is 32.6 Å². The van der Waals surface area contributed by atoms with Gasteiger partial charge in [-0.3, -0.25) is 9.59 Å². The molecule has 0 aromatic carbocycles. The molecule has 0 bridgehead atoms. The smallest absolute Gasteiger partial charge is 0.317 e. The Bertz CT molecular complexity index is 360. The van der Waals surface area contributed by atoms with Gasteiger partial charge in [-0.2, -0.15) is 0 Å². The van der Waals surface area contributed by atoms with E-state index in [0.29, 0.717) is 45.6 Å². The average molecular weight is 285 g/mol. The Morgan fingerprint density at radius 1 is 1.05 bits per heavy atom. The van der Waals surface area contributed by atoms with E-state index < -0.39 is 5.97 Å². The highest BCUT2D eigenvalue weighted by atomic mass is 16.4. The third-order valence-electron chi connectivity index (χ3n) is 3.32. The van der Waals surface area contributed by atoms with Gasteiger partial charge in [-0.1, -0.05) is 0 Å². The second kappa shape index (κ2) is 8.39. The summed E-state index contributed by atoms with van der Waals surface area (Å²) in [6, 6.07) is -0.134. The molecule has 1 heterocycles. The molecular weight excluding hydrogens is 262 g/mol. The normalized spacial score (nSPS) is 15.7. The van der Waals surface area contributed by atoms with Crippen LogP contribution in [0.4, 0.5) is 4.79 Å². The Morgan fingerprint density at radius 2 is 1.70 bits per heavy atom. The molecule has 1 saturated heterocycles. The van der Waals surface area contributed by atoms with Crippen LogP contribution in [0, 0.1) is 0 Å². The van der Waals surface area contributed by atoms with Crippen molar-refractivity contribution >= 4 is 17.9 Å². The van der Waals surface area contributed by atoms with Gasteiger partial charge in [0.25, 0.3) is 0 Å². The molecule has 3 amide bonds. The minimum absolute atomic E-state index is 0.0425. The van der Waals surface area contributed by atoms with Crippen molar-refractivity contribution < 1.29 is 19.5 Å². The summed E-state index contributed by atoms with van der Waals surface area (Å²) in [5, 5.41) is 11.3. The maximum absolute atomic E-state index is 11.9. The molecular formula is C13H23N3O4. The van der Waals surface area contributed by atoms with Crippen molar-refractivity contribution in [1.82, 2.24) is 15.1 Å². The van der Waals surface area contributed by atoms with Gasteiger partial charge in [-0.25, -0.2) is 4.79 Å². The lowest BCUT2D eigenvalue weighted by Gasteiger charge is -2.21. The van der Waals surface area contributed by atoms with Gasteiger partial charge < -0.3 is 20.2 Å². The Labute approximate surface area is 118 Å². The van der Waals surface area contributed by atoms with Gasteiger partial charge in [0.05, 0.1) is 0 Å². The maximum atomic E-state index is 11.9. The summed E-state index contributed by atoms with van der Waals surface area (Å²) in [4.78, 5) is 37.0. The van der Waals surface area contributed by atoms with Crippen LogP contribution in [0.15, 0.2) is 0 Å². The molecule has 0 aromatic rings. The molecule has 1 fully saturated rings. The van der Waals surface area contributed by atoms with E-state index in [2.05, 4.69) is 5.32 Å². The van der Waals surface area contributed by atoms with Crippen LogP contribution in [0.2, 0.25) is 0 Å². The molecule has 1 rings (SSSR count). The van der Waals surface area contributed by atoms with Gasteiger partial charge in [-0.15, -0.1) is 0 Å². The van der Waals surface area contributed by atoms with Gasteiger partial charge in [0.15, 0.2) is 0 Å². The summed E-state index contributed by atoms with van der Waals surface area (Å²) in [5.74, 6) is -0.769. The number of nitrogens with one attached hydrogen (secondary N) is 1. The topological polar surface area (TPSA) is 90.0 Å². The fourth-order valence-electron chi connectivity index (χ4n) is 2.14. The number of carboxylic acid groups (broad SMARTS) is 1. The first-order valence-corrected chi connectivity index (χ1v) is 7.01. The Hall–Kier alpha value is -1.79. The SMILES string of the molecule is CC(=O)N1CCCN(C(=O)NCCCCC(=O)O)CC1. The number of amides is 3. The predicted octanol–water partition coefficient (Wildman–Crippen LogP) is 0.505. The second-order valence-corrected chi connectivity index (χ2v) is 4.93. The number of unbranched alkanes of at least 4 members (excludes halogenated alkanes) is 1. The van der Waals surface area contributed by atoms with E-state index in [0.717, 1.165) is 6.42 Å². The van der Waals surface area contributed by atoms with E-state index in [1.165, 1.54) is 6.92 Å². The Morgan fingerprint density at radius 3 is 2.35 bits per heavy atom. The molecule has 1 aliphatic heterocycles. The standard InChI is InChI=1S/C13H23N3O4/c1-11(17)15-7-4-8-16(10-9-15)13(20)14-6-3-2-5-12(18)19/h2-10H2,1H3,(H,14,20)(H,18,19). The van der Waals surface area contributed by atoms with Crippen molar-refractivity contribution in [3.63, 3.8) is 0 Å². The van der Waals surface area contributed by atoms with Gasteiger partial charge in [0.2, 0.25) is 5.91 Å². The molecule has 0 radical (unpaired) electrons. The second-order valence-electron chi connectivity index (χ2n) is 4.93. The molecule has 7 heteroatoms. The van der Waals surface area contributed by atoms with Gasteiger partial charge in [0.1, 0.15) is 0 Å². The van der Waals surface area contributed by atoms with Crippen molar-refractivity contribution in [3.8, 4) is 0 Å². The lowest BCUT2D eigenvalue weighted by atomic mass is 10.2. The highest BCUT2D eigenvalue weighted by Crippen LogP contribution is 2.04. The molecule has 1 aliphatic rings. The largest absolute Gasteiger partial charge is 0.481 e. The van der Waals surface area contributed by atoms with Crippen LogP contribution in [0.3, 0.4) is 0 Å². The van der Waals surface area contributed by atoms with E-state index in [9.17, 15) is 14.4 Å². The minimum atomic E-state index is -0.812. The molecule has 0 saturated carbocycles. The number of carbonyl (C=O) groups excluding carboxylic acids is 2. The zero-order chi connectivity index (χ0) is 15.0. The van der Waals surface area contributed by atoms with Crippen molar-refractivity contribution in [2.75, 3.05) is 32.7 Å². The van der Waals surface area contributed by atoms with Crippen LogP contribution < -0.4 is 5.32 Å². The van der Waals surface area contributed by atoms with Crippen molar-refractivity contribution in [3.05, 3.63) is 0 Å². The number of carboxylic acids is 1. The summed E-state index contributed by atoms with van der Waals surface area (Å²) >= 11 is 0. The number of rotatable bonds is 5. The molecule has 2 N–H and O–H groups in total. The average Bonchev–Trinajstić information content (AvgIpc) is 2.63. The number of aliphatic carboxylic acids is 1. The van der Waals surface area contributed by atoms with Gasteiger partial charge in [0, 0.05) is 46.1 Å². The lowest BCUT2D eigenvalue weighted by molar-refractivity contribution is -0.137. The number of urea groups is 1. The third-order valence-corrected chi connectivity index (χ3v) is 3.32. The maximum Gasteiger partial charge on any atom is 0.317 e. The summed E-state index contributed by atoms with van der Waals surface area (Å²) in [6.07, 6.45) is 2.14. The molecule has 0 unspecified atom stereocenters. The predicted molar refractivity (Wildman–Crippen MR) is 73.3 cm³/mol. The number of hydrogen-bond acceptors (Lipinski definition) is 3. The molecule has 114 valence electrons. The van der Waals surface area contributed by atoms with E-state index in [-0.39, 0.29) is 18.4 Å². The quantitative estimate of drug-likeness (QED) is 0.720. The summed E-state index contributed by atoms with van der Waals surface area (Å²) in [7, 11) is 0. The molecule has 0 aromatic heterocycles. The van der Waals surface area contributed by atoms with E-state index in [4.69, 9.17) is 5.11 Å². The van der Waals surface area contributed by atoms with Gasteiger partial charge in [-0.05, 0) is 19.3 Å². The van der Waals surface area contributed by atoms with Crippen LogP contribution >= 0.6 is 0 Å². The summed E-state index contributed by atoms with van der Waals surface area (Å²) in [5.41, 5.74) is 0. The first-order valence-electron chi connectivity index (χ1n) is 7.01. The first kappa shape index (κ1) is 16.3. The molecule has 7 nitrogen and oxygen atoms in total. The van der Waals surface area contributed by atoms with Crippen LogP contribution in [0.25, 0.3) is 0 Å². The van der Waals surface area contributed by atoms with Crippen molar-refractivity contribution in [2.24, 2.45) is 0 Å². The van der Waals surface area contributed by atoms with Crippen LogP contribution in [0.5, 0.6) is 0 Å². The molecule has 0 aliphatic carbocycles. The van der Waals surface area contributed by atoms with Crippen LogP contribution in [-0.4, -0.2) is 65.5 Å². The molecule has 0 spiro atoms. The van der Waals surface area contributed by atoms with Crippen molar-refractivity contribution in [2.45, 2.75) is 32.6 Å². The monoisotopic (exact) mass is 285 g/mol. The zero-order valence-corrected chi connectivity index (χ0v) is 11.9. The number of carbonyl (C=O) groups is 3.